The van der Waals surface area contributed by atoms with Crippen molar-refractivity contribution in [3.05, 3.63) is 82.1 Å². The smallest absolute Gasteiger partial charge is 0.251 e. The second-order valence-electron chi connectivity index (χ2n) is 7.24. The summed E-state index contributed by atoms with van der Waals surface area (Å²) in [5.41, 5.74) is 2.07. The molecule has 0 aliphatic rings. The summed E-state index contributed by atoms with van der Waals surface area (Å²) in [6, 6.07) is 11.5. The maximum atomic E-state index is 12.6. The van der Waals surface area contributed by atoms with Crippen molar-refractivity contribution in [3.63, 3.8) is 0 Å². The molecule has 33 heavy (non-hydrogen) atoms. The molecular weight excluding hydrogens is 481 g/mol. The van der Waals surface area contributed by atoms with E-state index in [-0.39, 0.29) is 17.6 Å². The van der Waals surface area contributed by atoms with Gasteiger partial charge < -0.3 is 15.2 Å². The van der Waals surface area contributed by atoms with Crippen LogP contribution in [-0.2, 0) is 11.3 Å². The van der Waals surface area contributed by atoms with Gasteiger partial charge in [-0.25, -0.2) is 0 Å². The number of carbonyl (C=O) groups excluding carboxylic acids is 2. The number of hydrogen-bond donors (Lipinski definition) is 2. The molecule has 0 unspecified atom stereocenters. The SMILES string of the molecule is C=CCn1c(SCC(=O)Nc2ccc(Cl)cc2C)nnc1[C@H](C)NC(=O)c1ccc(Cl)cc1. The summed E-state index contributed by atoms with van der Waals surface area (Å²) in [6.45, 7) is 7.92. The van der Waals surface area contributed by atoms with Gasteiger partial charge in [0, 0.05) is 27.8 Å². The Morgan fingerprint density at radius 2 is 1.85 bits per heavy atom. The van der Waals surface area contributed by atoms with Crippen LogP contribution >= 0.6 is 35.0 Å². The third kappa shape index (κ3) is 6.60. The van der Waals surface area contributed by atoms with Crippen LogP contribution in [0.2, 0.25) is 10.0 Å². The van der Waals surface area contributed by atoms with Crippen LogP contribution in [-0.4, -0.2) is 32.3 Å². The number of rotatable bonds is 9. The zero-order valence-electron chi connectivity index (χ0n) is 18.1. The van der Waals surface area contributed by atoms with Gasteiger partial charge in [0.2, 0.25) is 5.91 Å². The van der Waals surface area contributed by atoms with Crippen molar-refractivity contribution in [2.24, 2.45) is 0 Å². The predicted molar refractivity (Wildman–Crippen MR) is 133 cm³/mol. The minimum atomic E-state index is -0.416. The van der Waals surface area contributed by atoms with E-state index in [1.54, 1.807) is 48.5 Å². The monoisotopic (exact) mass is 503 g/mol. The molecule has 3 aromatic rings. The third-order valence-corrected chi connectivity index (χ3v) is 6.15. The Kier molecular flexibility index (Phi) is 8.55. The number of anilines is 1. The number of amides is 2. The molecule has 0 radical (unpaired) electrons. The molecule has 0 bridgehead atoms. The van der Waals surface area contributed by atoms with Gasteiger partial charge in [0.05, 0.1) is 11.8 Å². The van der Waals surface area contributed by atoms with E-state index < -0.39 is 6.04 Å². The number of hydrogen-bond acceptors (Lipinski definition) is 5. The molecule has 1 aromatic heterocycles. The number of benzene rings is 2. The van der Waals surface area contributed by atoms with E-state index in [2.05, 4.69) is 27.4 Å². The lowest BCUT2D eigenvalue weighted by Crippen LogP contribution is -2.28. The topological polar surface area (TPSA) is 88.9 Å². The quantitative estimate of drug-likeness (QED) is 0.305. The number of thioether (sulfide) groups is 1. The van der Waals surface area contributed by atoms with Gasteiger partial charge >= 0.3 is 0 Å². The van der Waals surface area contributed by atoms with Gasteiger partial charge in [-0.3, -0.25) is 9.59 Å². The van der Waals surface area contributed by atoms with Crippen molar-refractivity contribution in [1.29, 1.82) is 0 Å². The first-order valence-corrected chi connectivity index (χ1v) is 11.8. The fourth-order valence-electron chi connectivity index (χ4n) is 3.06. The first-order valence-electron chi connectivity index (χ1n) is 10.1. The highest BCUT2D eigenvalue weighted by atomic mass is 35.5. The standard InChI is InChI=1S/C23H23Cl2N5O2S/c1-4-11-30-21(15(3)26-22(32)16-5-7-17(24)8-6-16)28-29-23(30)33-13-20(31)27-19-10-9-18(25)12-14(19)2/h4-10,12,15H,1,11,13H2,2-3H3,(H,26,32)(H,27,31)/t15-/m0/s1. The molecule has 2 amide bonds. The van der Waals surface area contributed by atoms with Gasteiger partial charge in [-0.05, 0) is 61.9 Å². The summed E-state index contributed by atoms with van der Waals surface area (Å²) in [4.78, 5) is 25.0. The number of aromatic nitrogens is 3. The Balaban J connectivity index is 1.66. The zero-order valence-corrected chi connectivity index (χ0v) is 20.5. The maximum Gasteiger partial charge on any atom is 0.251 e. The predicted octanol–water partition coefficient (Wildman–Crippen LogP) is 5.30. The average molecular weight is 504 g/mol. The van der Waals surface area contributed by atoms with E-state index in [9.17, 15) is 9.59 Å². The summed E-state index contributed by atoms with van der Waals surface area (Å²) in [5.74, 6) is 0.278. The number of nitrogens with zero attached hydrogens (tertiary/aromatic N) is 3. The fourth-order valence-corrected chi connectivity index (χ4v) is 4.16. The average Bonchev–Trinajstić information content (AvgIpc) is 3.17. The van der Waals surface area contributed by atoms with Crippen LogP contribution in [0, 0.1) is 6.92 Å². The van der Waals surface area contributed by atoms with Crippen molar-refractivity contribution >= 4 is 52.5 Å². The Labute approximate surface area is 206 Å². The molecule has 0 aliphatic heterocycles. The minimum absolute atomic E-state index is 0.142. The first-order chi connectivity index (χ1) is 15.8. The molecular formula is C23H23Cl2N5O2S. The molecule has 2 N–H and O–H groups in total. The number of carbonyl (C=O) groups is 2. The summed E-state index contributed by atoms with van der Waals surface area (Å²) in [6.07, 6.45) is 1.71. The molecule has 0 fully saturated rings. The molecule has 7 nitrogen and oxygen atoms in total. The van der Waals surface area contributed by atoms with Crippen molar-refractivity contribution in [2.75, 3.05) is 11.1 Å². The second kappa shape index (κ2) is 11.4. The van der Waals surface area contributed by atoms with Crippen molar-refractivity contribution < 1.29 is 9.59 Å². The third-order valence-electron chi connectivity index (χ3n) is 4.69. The van der Waals surface area contributed by atoms with E-state index in [1.807, 2.05) is 18.4 Å². The molecule has 10 heteroatoms. The van der Waals surface area contributed by atoms with Gasteiger partial charge in [0.15, 0.2) is 11.0 Å². The van der Waals surface area contributed by atoms with Crippen LogP contribution in [0.5, 0.6) is 0 Å². The largest absolute Gasteiger partial charge is 0.342 e. The Morgan fingerprint density at radius 3 is 2.52 bits per heavy atom. The lowest BCUT2D eigenvalue weighted by molar-refractivity contribution is -0.113. The van der Waals surface area contributed by atoms with Crippen molar-refractivity contribution in [2.45, 2.75) is 31.6 Å². The number of nitrogens with one attached hydrogen (secondary N) is 2. The molecule has 0 spiro atoms. The van der Waals surface area contributed by atoms with Gasteiger partial charge in [-0.1, -0.05) is 41.0 Å². The van der Waals surface area contributed by atoms with Crippen LogP contribution in [0.15, 0.2) is 60.3 Å². The second-order valence-corrected chi connectivity index (χ2v) is 9.05. The number of aryl methyl sites for hydroxylation is 1. The Hall–Kier alpha value is -2.81. The molecule has 3 rings (SSSR count). The van der Waals surface area contributed by atoms with Crippen LogP contribution in [0.1, 0.15) is 34.7 Å². The minimum Gasteiger partial charge on any atom is -0.342 e. The Bertz CT molecular complexity index is 1160. The van der Waals surface area contributed by atoms with Crippen molar-refractivity contribution in [1.82, 2.24) is 20.1 Å². The van der Waals surface area contributed by atoms with Crippen LogP contribution < -0.4 is 10.6 Å². The van der Waals surface area contributed by atoms with E-state index in [4.69, 9.17) is 23.2 Å². The number of allylic oxidation sites excluding steroid dienone is 1. The highest BCUT2D eigenvalue weighted by molar-refractivity contribution is 7.99. The van der Waals surface area contributed by atoms with Gasteiger partial charge in [-0.15, -0.1) is 16.8 Å². The van der Waals surface area contributed by atoms with E-state index >= 15 is 0 Å². The summed E-state index contributed by atoms with van der Waals surface area (Å²) in [5, 5.41) is 16.0. The first kappa shape index (κ1) is 24.8. The van der Waals surface area contributed by atoms with Crippen LogP contribution in [0.4, 0.5) is 5.69 Å². The van der Waals surface area contributed by atoms with Gasteiger partial charge in [0.1, 0.15) is 0 Å². The summed E-state index contributed by atoms with van der Waals surface area (Å²) in [7, 11) is 0. The van der Waals surface area contributed by atoms with Gasteiger partial charge in [-0.2, -0.15) is 0 Å². The zero-order chi connectivity index (χ0) is 24.0. The van der Waals surface area contributed by atoms with E-state index in [0.29, 0.717) is 38.8 Å². The van der Waals surface area contributed by atoms with Crippen LogP contribution in [0.3, 0.4) is 0 Å². The molecule has 1 heterocycles. The van der Waals surface area contributed by atoms with E-state index in [1.165, 1.54) is 11.8 Å². The molecule has 172 valence electrons. The molecule has 1 atom stereocenters. The molecule has 0 saturated heterocycles. The summed E-state index contributed by atoms with van der Waals surface area (Å²) < 4.78 is 1.82. The lowest BCUT2D eigenvalue weighted by atomic mass is 10.2. The maximum absolute atomic E-state index is 12.6. The van der Waals surface area contributed by atoms with E-state index in [0.717, 1.165) is 5.56 Å². The highest BCUT2D eigenvalue weighted by Gasteiger charge is 2.20. The van der Waals surface area contributed by atoms with Crippen molar-refractivity contribution in [3.8, 4) is 0 Å². The molecule has 0 saturated carbocycles. The lowest BCUT2D eigenvalue weighted by Gasteiger charge is -2.15. The molecule has 2 aromatic carbocycles. The van der Waals surface area contributed by atoms with Crippen LogP contribution in [0.25, 0.3) is 0 Å². The molecule has 0 aliphatic carbocycles. The fraction of sp³-hybridized carbons (Fsp3) is 0.217. The Morgan fingerprint density at radius 1 is 1.15 bits per heavy atom. The highest BCUT2D eigenvalue weighted by Crippen LogP contribution is 2.23. The number of halogens is 2. The summed E-state index contributed by atoms with van der Waals surface area (Å²) >= 11 is 13.1. The normalized spacial score (nSPS) is 11.6. The van der Waals surface area contributed by atoms with Gasteiger partial charge in [0.25, 0.3) is 5.91 Å².